The van der Waals surface area contributed by atoms with Crippen LogP contribution in [0.5, 0.6) is 0 Å². The molecule has 6 heteroatoms. The van der Waals surface area contributed by atoms with Crippen molar-refractivity contribution in [3.05, 3.63) is 47.3 Å². The minimum atomic E-state index is -4.39. The molecular weight excluding hydrogens is 245 g/mol. The number of rotatable bonds is 3. The molecule has 0 bridgehead atoms. The Balaban J connectivity index is 2.30. The van der Waals surface area contributed by atoms with Crippen LogP contribution < -0.4 is 5.32 Å². The Morgan fingerprint density at radius 3 is 2.72 bits per heavy atom. The number of hydrogen-bond donors (Lipinski definition) is 1. The predicted octanol–water partition coefficient (Wildman–Crippen LogP) is 2.35. The summed E-state index contributed by atoms with van der Waals surface area (Å²) in [6, 6.07) is 3.15. The normalized spacial score (nSPS) is 14.7. The van der Waals surface area contributed by atoms with Crippen molar-refractivity contribution in [2.75, 3.05) is 6.67 Å². The van der Waals surface area contributed by atoms with E-state index in [1.165, 1.54) is 6.07 Å². The Labute approximate surface area is 102 Å². The van der Waals surface area contributed by atoms with Gasteiger partial charge in [0.05, 0.1) is 12.2 Å². The first-order valence-corrected chi connectivity index (χ1v) is 5.30. The van der Waals surface area contributed by atoms with Crippen LogP contribution in [0.15, 0.2) is 30.6 Å². The standard InChI is InChI=1S/C12H11F3N2O/c13-12(14,15)11-2-1-9(7-18)10(5-11)6-17-4-3-16-8-17/h1-5,7,16H,6,8H2. The maximum Gasteiger partial charge on any atom is 0.416 e. The Bertz CT molecular complexity index is 483. The quantitative estimate of drug-likeness (QED) is 0.842. The van der Waals surface area contributed by atoms with Gasteiger partial charge in [-0.05, 0) is 17.7 Å². The van der Waals surface area contributed by atoms with Crippen LogP contribution in [0.1, 0.15) is 21.5 Å². The van der Waals surface area contributed by atoms with Crippen molar-refractivity contribution in [3.63, 3.8) is 0 Å². The van der Waals surface area contributed by atoms with E-state index in [1.54, 1.807) is 17.3 Å². The number of carbonyl (C=O) groups excluding carboxylic acids is 1. The van der Waals surface area contributed by atoms with Crippen LogP contribution in [0.2, 0.25) is 0 Å². The smallest absolute Gasteiger partial charge is 0.373 e. The van der Waals surface area contributed by atoms with Crippen molar-refractivity contribution in [2.24, 2.45) is 0 Å². The highest BCUT2D eigenvalue weighted by atomic mass is 19.4. The van der Waals surface area contributed by atoms with E-state index in [9.17, 15) is 18.0 Å². The molecule has 0 radical (unpaired) electrons. The topological polar surface area (TPSA) is 32.3 Å². The zero-order valence-corrected chi connectivity index (χ0v) is 9.37. The Kier molecular flexibility index (Phi) is 3.27. The van der Waals surface area contributed by atoms with Crippen molar-refractivity contribution < 1.29 is 18.0 Å². The van der Waals surface area contributed by atoms with E-state index in [4.69, 9.17) is 0 Å². The van der Waals surface area contributed by atoms with Gasteiger partial charge in [-0.15, -0.1) is 0 Å². The minimum absolute atomic E-state index is 0.265. The zero-order valence-electron chi connectivity index (χ0n) is 9.37. The summed E-state index contributed by atoms with van der Waals surface area (Å²) in [7, 11) is 0. The fourth-order valence-electron chi connectivity index (χ4n) is 1.74. The molecule has 0 fully saturated rings. The molecule has 0 atom stereocenters. The average molecular weight is 256 g/mol. The third kappa shape index (κ3) is 2.64. The maximum absolute atomic E-state index is 12.6. The van der Waals surface area contributed by atoms with Crippen molar-refractivity contribution in [2.45, 2.75) is 12.7 Å². The van der Waals surface area contributed by atoms with Crippen LogP contribution in [-0.4, -0.2) is 17.9 Å². The summed E-state index contributed by atoms with van der Waals surface area (Å²) in [5.41, 5.74) is -0.0873. The van der Waals surface area contributed by atoms with Crippen LogP contribution in [0.4, 0.5) is 13.2 Å². The number of halogens is 3. The number of benzene rings is 1. The molecule has 1 aromatic rings. The fourth-order valence-corrected chi connectivity index (χ4v) is 1.74. The van der Waals surface area contributed by atoms with E-state index >= 15 is 0 Å². The molecule has 0 unspecified atom stereocenters. The molecule has 1 N–H and O–H groups in total. The number of aldehydes is 1. The Morgan fingerprint density at radius 1 is 1.39 bits per heavy atom. The lowest BCUT2D eigenvalue weighted by Crippen LogP contribution is -2.21. The van der Waals surface area contributed by atoms with Crippen LogP contribution in [0.3, 0.4) is 0 Å². The van der Waals surface area contributed by atoms with Crippen molar-refractivity contribution in [1.29, 1.82) is 0 Å². The summed E-state index contributed by atoms with van der Waals surface area (Å²) in [5, 5.41) is 2.91. The predicted molar refractivity (Wildman–Crippen MR) is 59.5 cm³/mol. The van der Waals surface area contributed by atoms with Gasteiger partial charge in [0.2, 0.25) is 0 Å². The third-order valence-corrected chi connectivity index (χ3v) is 2.67. The van der Waals surface area contributed by atoms with Gasteiger partial charge in [-0.3, -0.25) is 4.79 Å². The molecular formula is C12H11F3N2O. The fraction of sp³-hybridized carbons (Fsp3) is 0.250. The summed E-state index contributed by atoms with van der Waals surface area (Å²) >= 11 is 0. The van der Waals surface area contributed by atoms with Gasteiger partial charge in [0, 0.05) is 24.5 Å². The first-order valence-electron chi connectivity index (χ1n) is 5.30. The van der Waals surface area contributed by atoms with Gasteiger partial charge in [0.25, 0.3) is 0 Å². The molecule has 18 heavy (non-hydrogen) atoms. The summed E-state index contributed by atoms with van der Waals surface area (Å²) in [4.78, 5) is 12.6. The Hall–Kier alpha value is -1.98. The largest absolute Gasteiger partial charge is 0.416 e. The highest BCUT2D eigenvalue weighted by Gasteiger charge is 2.31. The van der Waals surface area contributed by atoms with Crippen LogP contribution in [0, 0.1) is 0 Å². The SMILES string of the molecule is O=Cc1ccc(C(F)(F)F)cc1CN1C=CNC1. The first kappa shape index (κ1) is 12.5. The molecule has 1 aliphatic heterocycles. The maximum atomic E-state index is 12.6. The number of nitrogens with zero attached hydrogens (tertiary/aromatic N) is 1. The van der Waals surface area contributed by atoms with E-state index in [0.29, 0.717) is 18.5 Å². The molecule has 3 nitrogen and oxygen atoms in total. The molecule has 1 aromatic carbocycles. The third-order valence-electron chi connectivity index (χ3n) is 2.67. The number of nitrogens with one attached hydrogen (secondary N) is 1. The molecule has 0 saturated carbocycles. The van der Waals surface area contributed by atoms with Crippen LogP contribution >= 0.6 is 0 Å². The van der Waals surface area contributed by atoms with E-state index in [0.717, 1.165) is 12.1 Å². The molecule has 2 rings (SSSR count). The van der Waals surface area contributed by atoms with E-state index < -0.39 is 11.7 Å². The molecule has 1 aliphatic rings. The number of alkyl halides is 3. The molecule has 0 aromatic heterocycles. The monoisotopic (exact) mass is 256 g/mol. The number of hydrogen-bond acceptors (Lipinski definition) is 3. The molecule has 0 amide bonds. The van der Waals surface area contributed by atoms with Gasteiger partial charge in [-0.1, -0.05) is 6.07 Å². The molecule has 1 heterocycles. The molecule has 0 saturated heterocycles. The second-order valence-electron chi connectivity index (χ2n) is 3.95. The van der Waals surface area contributed by atoms with Gasteiger partial charge in [-0.25, -0.2) is 0 Å². The lowest BCUT2D eigenvalue weighted by Gasteiger charge is -2.17. The van der Waals surface area contributed by atoms with Gasteiger partial charge in [0.1, 0.15) is 6.29 Å². The van der Waals surface area contributed by atoms with Gasteiger partial charge in [0.15, 0.2) is 0 Å². The first-order chi connectivity index (χ1) is 8.50. The van der Waals surface area contributed by atoms with Crippen molar-refractivity contribution >= 4 is 6.29 Å². The average Bonchev–Trinajstić information content (AvgIpc) is 2.80. The van der Waals surface area contributed by atoms with Crippen LogP contribution in [-0.2, 0) is 12.7 Å². The summed E-state index contributed by atoms with van der Waals surface area (Å²) < 4.78 is 37.8. The highest BCUT2D eigenvalue weighted by molar-refractivity contribution is 5.77. The molecule has 96 valence electrons. The summed E-state index contributed by atoms with van der Waals surface area (Å²) in [6.07, 6.45) is -0.388. The summed E-state index contributed by atoms with van der Waals surface area (Å²) in [5.74, 6) is 0. The van der Waals surface area contributed by atoms with Gasteiger partial charge < -0.3 is 10.2 Å². The van der Waals surface area contributed by atoms with Crippen molar-refractivity contribution in [1.82, 2.24) is 10.2 Å². The molecule has 0 aliphatic carbocycles. The van der Waals surface area contributed by atoms with Crippen molar-refractivity contribution in [3.8, 4) is 0 Å². The second kappa shape index (κ2) is 4.72. The highest BCUT2D eigenvalue weighted by Crippen LogP contribution is 2.30. The molecule has 0 spiro atoms. The van der Waals surface area contributed by atoms with E-state index in [-0.39, 0.29) is 12.1 Å². The van der Waals surface area contributed by atoms with E-state index in [2.05, 4.69) is 5.32 Å². The number of carbonyl (C=O) groups is 1. The minimum Gasteiger partial charge on any atom is -0.373 e. The van der Waals surface area contributed by atoms with Gasteiger partial charge >= 0.3 is 6.18 Å². The Morgan fingerprint density at radius 2 is 2.17 bits per heavy atom. The van der Waals surface area contributed by atoms with Crippen LogP contribution in [0.25, 0.3) is 0 Å². The lowest BCUT2D eigenvalue weighted by atomic mass is 10.0. The van der Waals surface area contributed by atoms with Gasteiger partial charge in [-0.2, -0.15) is 13.2 Å². The van der Waals surface area contributed by atoms with E-state index in [1.807, 2.05) is 0 Å². The zero-order chi connectivity index (χ0) is 13.2. The summed E-state index contributed by atoms with van der Waals surface area (Å²) in [6.45, 7) is 0.788. The lowest BCUT2D eigenvalue weighted by molar-refractivity contribution is -0.137. The second-order valence-corrected chi connectivity index (χ2v) is 3.95.